The van der Waals surface area contributed by atoms with Crippen LogP contribution in [-0.4, -0.2) is 0 Å². The Kier molecular flexibility index (Phi) is 3.28. The summed E-state index contributed by atoms with van der Waals surface area (Å²) in [6, 6.07) is 16.9. The lowest BCUT2D eigenvalue weighted by Crippen LogP contribution is -2.55. The second-order valence-corrected chi connectivity index (χ2v) is 9.69. The van der Waals surface area contributed by atoms with E-state index in [-0.39, 0.29) is 0 Å². The predicted molar refractivity (Wildman–Crippen MR) is 105 cm³/mol. The lowest BCUT2D eigenvalue weighted by Gasteiger charge is -2.63. The average Bonchev–Trinajstić information content (AvgIpc) is 2.56. The van der Waals surface area contributed by atoms with Gasteiger partial charge in [-0.15, -0.1) is 0 Å². The van der Waals surface area contributed by atoms with E-state index in [9.17, 15) is 0 Å². The molecule has 130 valence electrons. The van der Waals surface area contributed by atoms with E-state index < -0.39 is 0 Å². The van der Waals surface area contributed by atoms with Crippen molar-refractivity contribution in [2.45, 2.75) is 70.1 Å². The van der Waals surface area contributed by atoms with Gasteiger partial charge in [0.2, 0.25) is 0 Å². The molecule has 4 bridgehead atoms. The van der Waals surface area contributed by atoms with Crippen molar-refractivity contribution in [3.8, 4) is 0 Å². The fourth-order valence-electron chi connectivity index (χ4n) is 6.92. The molecule has 4 fully saturated rings. The third-order valence-electron chi connectivity index (χ3n) is 7.84. The van der Waals surface area contributed by atoms with Crippen LogP contribution in [0.3, 0.4) is 0 Å². The molecule has 4 saturated carbocycles. The highest BCUT2D eigenvalue weighted by Gasteiger charge is 2.58. The monoisotopic (exact) mass is 330 g/mol. The second-order valence-electron chi connectivity index (χ2n) is 9.69. The van der Waals surface area contributed by atoms with Gasteiger partial charge in [0.1, 0.15) is 0 Å². The van der Waals surface area contributed by atoms with Crippen molar-refractivity contribution in [3.05, 3.63) is 70.3 Å². The van der Waals surface area contributed by atoms with Crippen molar-refractivity contribution in [2.24, 2.45) is 11.8 Å². The van der Waals surface area contributed by atoms with Crippen molar-refractivity contribution in [1.29, 1.82) is 0 Å². The van der Waals surface area contributed by atoms with Crippen LogP contribution in [0.5, 0.6) is 0 Å². The summed E-state index contributed by atoms with van der Waals surface area (Å²) in [7, 11) is 0. The summed E-state index contributed by atoms with van der Waals surface area (Å²) in [4.78, 5) is 0. The van der Waals surface area contributed by atoms with E-state index >= 15 is 0 Å². The van der Waals surface area contributed by atoms with Crippen LogP contribution in [0.25, 0.3) is 0 Å². The number of hydrogen-bond acceptors (Lipinski definition) is 0. The molecule has 0 nitrogen and oxygen atoms in total. The van der Waals surface area contributed by atoms with Crippen LogP contribution in [0, 0.1) is 32.6 Å². The van der Waals surface area contributed by atoms with E-state index in [0.29, 0.717) is 10.8 Å². The number of benzene rings is 2. The van der Waals surface area contributed by atoms with Crippen LogP contribution in [0.4, 0.5) is 0 Å². The van der Waals surface area contributed by atoms with Gasteiger partial charge in [-0.3, -0.25) is 0 Å². The minimum Gasteiger partial charge on any atom is -0.0590 e. The van der Waals surface area contributed by atoms with Gasteiger partial charge in [-0.2, -0.15) is 0 Å². The summed E-state index contributed by atoms with van der Waals surface area (Å²) in [5.41, 5.74) is 8.43. The molecular weight excluding hydrogens is 300 g/mol. The highest BCUT2D eigenvalue weighted by Crippen LogP contribution is 2.66. The highest BCUT2D eigenvalue weighted by atomic mass is 14.6. The summed E-state index contributed by atoms with van der Waals surface area (Å²) in [5, 5.41) is 0. The zero-order valence-corrected chi connectivity index (χ0v) is 15.9. The van der Waals surface area contributed by atoms with E-state index in [1.54, 1.807) is 11.1 Å². The Morgan fingerprint density at radius 2 is 1.24 bits per heavy atom. The van der Waals surface area contributed by atoms with Crippen molar-refractivity contribution in [2.75, 3.05) is 0 Å². The maximum absolute atomic E-state index is 2.52. The molecular formula is C25H30. The SMILES string of the molecule is Cc1ccc(C23C[C@H]4C[C@@H](C2)CC(c2ccc(C)c(C)c2)(C4)C3)cc1. The van der Waals surface area contributed by atoms with Gasteiger partial charge in [-0.05, 0) is 104 Å². The first-order valence-corrected chi connectivity index (χ1v) is 10.1. The van der Waals surface area contributed by atoms with Crippen LogP contribution < -0.4 is 0 Å². The molecule has 2 unspecified atom stereocenters. The van der Waals surface area contributed by atoms with E-state index in [1.807, 2.05) is 0 Å². The summed E-state index contributed by atoms with van der Waals surface area (Å²) in [6.45, 7) is 6.74. The minimum absolute atomic E-state index is 0.438. The van der Waals surface area contributed by atoms with Gasteiger partial charge in [0.25, 0.3) is 0 Å². The van der Waals surface area contributed by atoms with Gasteiger partial charge in [-0.1, -0.05) is 48.0 Å². The molecule has 0 radical (unpaired) electrons. The largest absolute Gasteiger partial charge is 0.0590 e. The first-order valence-electron chi connectivity index (χ1n) is 10.1. The first kappa shape index (κ1) is 15.7. The molecule has 0 amide bonds. The smallest absolute Gasteiger partial charge is 0.00331 e. The number of hydrogen-bond donors (Lipinski definition) is 0. The number of aryl methyl sites for hydroxylation is 3. The Labute approximate surface area is 152 Å². The van der Waals surface area contributed by atoms with Crippen LogP contribution in [0.15, 0.2) is 42.5 Å². The Morgan fingerprint density at radius 3 is 1.84 bits per heavy atom. The highest BCUT2D eigenvalue weighted by molar-refractivity contribution is 5.41. The molecule has 0 spiro atoms. The van der Waals surface area contributed by atoms with E-state index in [0.717, 1.165) is 11.8 Å². The van der Waals surface area contributed by atoms with Crippen LogP contribution in [-0.2, 0) is 10.8 Å². The third kappa shape index (κ3) is 2.33. The fourth-order valence-corrected chi connectivity index (χ4v) is 6.92. The van der Waals surface area contributed by atoms with Gasteiger partial charge >= 0.3 is 0 Å². The quantitative estimate of drug-likeness (QED) is 0.597. The molecule has 0 N–H and O–H groups in total. The van der Waals surface area contributed by atoms with Crippen molar-refractivity contribution in [1.82, 2.24) is 0 Å². The van der Waals surface area contributed by atoms with E-state index in [1.165, 1.54) is 55.2 Å². The van der Waals surface area contributed by atoms with Crippen molar-refractivity contribution < 1.29 is 0 Å². The standard InChI is InChI=1S/C25H30/c1-17-4-7-22(8-5-17)24-12-20-11-21(13-24)15-25(14-20,16-24)23-9-6-18(2)19(3)10-23/h4-10,20-21H,11-16H2,1-3H3/t20-,21+,24?,25?. The van der Waals surface area contributed by atoms with Crippen LogP contribution in [0.2, 0.25) is 0 Å². The summed E-state index contributed by atoms with van der Waals surface area (Å²) in [6.07, 6.45) is 8.58. The lowest BCUT2D eigenvalue weighted by molar-refractivity contribution is -0.0281. The second kappa shape index (κ2) is 5.22. The zero-order chi connectivity index (χ0) is 17.2. The molecule has 2 aromatic carbocycles. The Balaban J connectivity index is 1.60. The minimum atomic E-state index is 0.438. The van der Waals surface area contributed by atoms with E-state index in [4.69, 9.17) is 0 Å². The zero-order valence-electron chi connectivity index (χ0n) is 15.9. The van der Waals surface area contributed by atoms with Crippen molar-refractivity contribution in [3.63, 3.8) is 0 Å². The third-order valence-corrected chi connectivity index (χ3v) is 7.84. The van der Waals surface area contributed by atoms with Gasteiger partial charge < -0.3 is 0 Å². The first-order chi connectivity index (χ1) is 12.0. The summed E-state index contributed by atoms with van der Waals surface area (Å²) >= 11 is 0. The molecule has 4 aliphatic carbocycles. The van der Waals surface area contributed by atoms with E-state index in [2.05, 4.69) is 63.2 Å². The molecule has 4 atom stereocenters. The maximum Gasteiger partial charge on any atom is -0.00331 e. The van der Waals surface area contributed by atoms with Gasteiger partial charge in [-0.25, -0.2) is 0 Å². The summed E-state index contributed by atoms with van der Waals surface area (Å²) in [5.74, 6) is 1.87. The summed E-state index contributed by atoms with van der Waals surface area (Å²) < 4.78 is 0. The molecule has 2 aromatic rings. The lowest BCUT2D eigenvalue weighted by atomic mass is 9.41. The molecule has 0 saturated heterocycles. The predicted octanol–water partition coefficient (Wildman–Crippen LogP) is 6.40. The Morgan fingerprint density at radius 1 is 0.680 bits per heavy atom. The van der Waals surface area contributed by atoms with Crippen LogP contribution in [0.1, 0.15) is 66.3 Å². The molecule has 0 aromatic heterocycles. The molecule has 0 heteroatoms. The average molecular weight is 331 g/mol. The van der Waals surface area contributed by atoms with Gasteiger partial charge in [0.05, 0.1) is 0 Å². The molecule has 0 aliphatic heterocycles. The van der Waals surface area contributed by atoms with Crippen LogP contribution >= 0.6 is 0 Å². The Bertz CT molecular complexity index is 796. The number of rotatable bonds is 2. The fraction of sp³-hybridized carbons (Fsp3) is 0.520. The topological polar surface area (TPSA) is 0 Å². The molecule has 6 rings (SSSR count). The molecule has 4 aliphatic rings. The van der Waals surface area contributed by atoms with Gasteiger partial charge in [0.15, 0.2) is 0 Å². The normalized spacial score (nSPS) is 36.0. The maximum atomic E-state index is 2.52. The Hall–Kier alpha value is -1.56. The molecule has 25 heavy (non-hydrogen) atoms. The molecule has 0 heterocycles. The van der Waals surface area contributed by atoms with Crippen molar-refractivity contribution >= 4 is 0 Å². The van der Waals surface area contributed by atoms with Gasteiger partial charge in [0, 0.05) is 0 Å².